The number of nitrogens with one attached hydrogen (secondary N) is 3. The number of rotatable bonds is 17. The van der Waals surface area contributed by atoms with Gasteiger partial charge in [-0.2, -0.15) is 11.8 Å². The minimum Gasteiger partial charge on any atom is -0.508 e. The van der Waals surface area contributed by atoms with Gasteiger partial charge in [-0.1, -0.05) is 42.5 Å². The fraction of sp³-hybridized carbons (Fsp3) is 0.393. The van der Waals surface area contributed by atoms with Crippen LogP contribution in [0.1, 0.15) is 30.4 Å². The van der Waals surface area contributed by atoms with Crippen LogP contribution in [0.2, 0.25) is 0 Å². The number of phenols is 1. The molecule has 2 aromatic rings. The van der Waals surface area contributed by atoms with Crippen LogP contribution in [0.5, 0.6) is 5.75 Å². The average molecular weight is 589 g/mol. The lowest BCUT2D eigenvalue weighted by atomic mass is 10.0. The number of benzene rings is 2. The Balaban J connectivity index is 2.21. The molecule has 13 heteroatoms. The third kappa shape index (κ3) is 11.9. The normalized spacial score (nSPS) is 13.7. The summed E-state index contributed by atoms with van der Waals surface area (Å²) < 4.78 is 0. The van der Waals surface area contributed by atoms with Crippen LogP contribution in [0.3, 0.4) is 0 Å². The first-order valence-electron chi connectivity index (χ1n) is 12.9. The predicted molar refractivity (Wildman–Crippen MR) is 153 cm³/mol. The van der Waals surface area contributed by atoms with E-state index < -0.39 is 60.2 Å². The van der Waals surface area contributed by atoms with Gasteiger partial charge in [0.05, 0.1) is 6.04 Å². The van der Waals surface area contributed by atoms with Crippen molar-refractivity contribution in [1.82, 2.24) is 16.0 Å². The minimum atomic E-state index is -1.46. The SMILES string of the molecule is CSCCC(NC(=O)C(Cc1ccc(O)cc1)NC(=O)C(N)Cc1ccccc1)C(=O)NC(CCC(=O)O)C(=O)O. The van der Waals surface area contributed by atoms with Gasteiger partial charge in [-0.3, -0.25) is 19.2 Å². The number of nitrogens with two attached hydrogens (primary N) is 1. The zero-order chi connectivity index (χ0) is 30.4. The summed E-state index contributed by atoms with van der Waals surface area (Å²) in [5.41, 5.74) is 7.57. The Morgan fingerprint density at radius 3 is 1.90 bits per heavy atom. The molecule has 0 saturated carbocycles. The smallest absolute Gasteiger partial charge is 0.326 e. The van der Waals surface area contributed by atoms with Crippen LogP contribution < -0.4 is 21.7 Å². The van der Waals surface area contributed by atoms with Crippen molar-refractivity contribution >= 4 is 41.4 Å². The van der Waals surface area contributed by atoms with Gasteiger partial charge in [0.25, 0.3) is 0 Å². The van der Waals surface area contributed by atoms with Gasteiger partial charge in [-0.15, -0.1) is 0 Å². The van der Waals surface area contributed by atoms with Crippen molar-refractivity contribution in [3.05, 3.63) is 65.7 Å². The Morgan fingerprint density at radius 2 is 1.32 bits per heavy atom. The molecule has 0 spiro atoms. The highest BCUT2D eigenvalue weighted by Gasteiger charge is 2.30. The molecule has 0 bridgehead atoms. The zero-order valence-electron chi connectivity index (χ0n) is 22.6. The van der Waals surface area contributed by atoms with Crippen LogP contribution >= 0.6 is 11.8 Å². The number of hydrogen-bond donors (Lipinski definition) is 7. The number of amides is 3. The number of carboxylic acid groups (broad SMARTS) is 2. The molecule has 3 amide bonds. The summed E-state index contributed by atoms with van der Waals surface area (Å²) >= 11 is 1.41. The molecule has 0 aromatic heterocycles. The molecule has 0 saturated heterocycles. The zero-order valence-corrected chi connectivity index (χ0v) is 23.4. The second-order valence-corrected chi connectivity index (χ2v) is 10.4. The summed E-state index contributed by atoms with van der Waals surface area (Å²) in [4.78, 5) is 61.9. The topological polar surface area (TPSA) is 208 Å². The highest BCUT2D eigenvalue weighted by Crippen LogP contribution is 2.13. The van der Waals surface area contributed by atoms with Gasteiger partial charge in [-0.05, 0) is 54.5 Å². The quantitative estimate of drug-likeness (QED) is 0.137. The van der Waals surface area contributed by atoms with Crippen molar-refractivity contribution in [2.24, 2.45) is 5.73 Å². The standard InChI is InChI=1S/C28H36N4O8S/c1-41-14-13-21(26(37)31-22(28(39)40)11-12-24(34)35)30-27(38)23(16-18-7-9-19(33)10-8-18)32-25(36)20(29)15-17-5-3-2-4-6-17/h2-10,20-23,33H,11-16,29H2,1H3,(H,30,38)(H,31,37)(H,32,36)(H,34,35)(H,39,40). The third-order valence-electron chi connectivity index (χ3n) is 6.15. The van der Waals surface area contributed by atoms with Crippen LogP contribution in [-0.2, 0) is 36.8 Å². The van der Waals surface area contributed by atoms with E-state index in [1.165, 1.54) is 23.9 Å². The molecule has 222 valence electrons. The molecule has 41 heavy (non-hydrogen) atoms. The van der Waals surface area contributed by atoms with Gasteiger partial charge in [0.15, 0.2) is 0 Å². The van der Waals surface area contributed by atoms with Gasteiger partial charge in [0, 0.05) is 12.8 Å². The van der Waals surface area contributed by atoms with Gasteiger partial charge in [0.2, 0.25) is 17.7 Å². The molecular formula is C28H36N4O8S. The number of phenolic OH excluding ortho intramolecular Hbond substituents is 1. The first kappa shape index (κ1) is 33.1. The summed E-state index contributed by atoms with van der Waals surface area (Å²) in [6.07, 6.45) is 1.39. The van der Waals surface area contributed by atoms with Crippen LogP contribution in [0.15, 0.2) is 54.6 Å². The molecule has 0 radical (unpaired) electrons. The second kappa shape index (κ2) is 16.9. The number of carbonyl (C=O) groups excluding carboxylic acids is 3. The molecule has 2 rings (SSSR count). The van der Waals surface area contributed by atoms with Crippen LogP contribution in [0, 0.1) is 0 Å². The predicted octanol–water partition coefficient (Wildman–Crippen LogP) is 0.662. The van der Waals surface area contributed by atoms with Crippen molar-refractivity contribution < 1.29 is 39.3 Å². The van der Waals surface area contributed by atoms with Crippen molar-refractivity contribution in [3.8, 4) is 5.75 Å². The maximum atomic E-state index is 13.4. The lowest BCUT2D eigenvalue weighted by Gasteiger charge is -2.25. The Hall–Kier alpha value is -4.10. The Bertz CT molecular complexity index is 1180. The molecule has 12 nitrogen and oxygen atoms in total. The number of thioether (sulfide) groups is 1. The van der Waals surface area contributed by atoms with E-state index in [0.29, 0.717) is 11.3 Å². The maximum absolute atomic E-state index is 13.4. The lowest BCUT2D eigenvalue weighted by Crippen LogP contribution is -2.58. The van der Waals surface area contributed by atoms with Crippen LogP contribution in [0.25, 0.3) is 0 Å². The van der Waals surface area contributed by atoms with Crippen LogP contribution in [-0.4, -0.2) is 81.2 Å². The van der Waals surface area contributed by atoms with Crippen molar-refractivity contribution in [1.29, 1.82) is 0 Å². The molecule has 2 aromatic carbocycles. The van der Waals surface area contributed by atoms with Crippen molar-refractivity contribution in [3.63, 3.8) is 0 Å². The second-order valence-electron chi connectivity index (χ2n) is 9.40. The largest absolute Gasteiger partial charge is 0.508 e. The number of carbonyl (C=O) groups is 5. The van der Waals surface area contributed by atoms with E-state index in [0.717, 1.165) is 5.56 Å². The number of hydrogen-bond acceptors (Lipinski definition) is 8. The highest BCUT2D eigenvalue weighted by molar-refractivity contribution is 7.98. The maximum Gasteiger partial charge on any atom is 0.326 e. The van der Waals surface area contributed by atoms with E-state index in [-0.39, 0.29) is 31.4 Å². The number of aromatic hydroxyl groups is 1. The molecule has 0 aliphatic rings. The van der Waals surface area contributed by atoms with Crippen molar-refractivity contribution in [2.75, 3.05) is 12.0 Å². The molecule has 0 aliphatic carbocycles. The molecule has 4 atom stereocenters. The van der Waals surface area contributed by atoms with Gasteiger partial charge in [0.1, 0.15) is 23.9 Å². The van der Waals surface area contributed by atoms with Gasteiger partial charge in [-0.25, -0.2) is 4.79 Å². The molecular weight excluding hydrogens is 552 g/mol. The third-order valence-corrected chi connectivity index (χ3v) is 6.79. The molecule has 0 aliphatic heterocycles. The van der Waals surface area contributed by atoms with Gasteiger partial charge >= 0.3 is 11.9 Å². The first-order valence-corrected chi connectivity index (χ1v) is 14.3. The lowest BCUT2D eigenvalue weighted by molar-refractivity contribution is -0.143. The van der Waals surface area contributed by atoms with E-state index in [9.17, 15) is 34.2 Å². The number of carboxylic acids is 2. The van der Waals surface area contributed by atoms with Crippen LogP contribution in [0.4, 0.5) is 0 Å². The first-order chi connectivity index (χ1) is 19.5. The Kier molecular flexibility index (Phi) is 13.6. The molecule has 0 fully saturated rings. The Morgan fingerprint density at radius 1 is 0.756 bits per heavy atom. The Labute approximate surface area is 242 Å². The molecule has 8 N–H and O–H groups in total. The van der Waals surface area contributed by atoms with E-state index in [2.05, 4.69) is 16.0 Å². The van der Waals surface area contributed by atoms with E-state index in [1.54, 1.807) is 18.4 Å². The van der Waals surface area contributed by atoms with E-state index in [1.807, 2.05) is 30.3 Å². The van der Waals surface area contributed by atoms with E-state index in [4.69, 9.17) is 10.8 Å². The summed E-state index contributed by atoms with van der Waals surface area (Å²) in [5, 5.41) is 35.5. The summed E-state index contributed by atoms with van der Waals surface area (Å²) in [7, 11) is 0. The molecule has 4 unspecified atom stereocenters. The fourth-order valence-corrected chi connectivity index (χ4v) is 4.36. The van der Waals surface area contributed by atoms with E-state index >= 15 is 0 Å². The summed E-state index contributed by atoms with van der Waals surface area (Å²) in [6, 6.07) is 10.4. The monoisotopic (exact) mass is 588 g/mol. The molecule has 0 heterocycles. The fourth-order valence-electron chi connectivity index (χ4n) is 3.89. The van der Waals surface area contributed by atoms with Gasteiger partial charge < -0.3 is 37.0 Å². The van der Waals surface area contributed by atoms with Crippen molar-refractivity contribution in [2.45, 2.75) is 56.3 Å². The average Bonchev–Trinajstić information content (AvgIpc) is 2.93. The summed E-state index contributed by atoms with van der Waals surface area (Å²) in [5.74, 6) is -4.22. The summed E-state index contributed by atoms with van der Waals surface area (Å²) in [6.45, 7) is 0. The minimum absolute atomic E-state index is 0.0170. The highest BCUT2D eigenvalue weighted by atomic mass is 32.2. The number of aliphatic carboxylic acids is 2.